The van der Waals surface area contributed by atoms with Crippen LogP contribution in [0.3, 0.4) is 0 Å². The van der Waals surface area contributed by atoms with Crippen LogP contribution < -0.4 is 10.7 Å². The molecule has 0 saturated heterocycles. The first kappa shape index (κ1) is 21.5. The Morgan fingerprint density at radius 1 is 0.969 bits per heavy atom. The van der Waals surface area contributed by atoms with Crippen molar-refractivity contribution >= 4 is 23.2 Å². The Morgan fingerprint density at radius 2 is 1.72 bits per heavy atom. The number of aryl methyl sites for hydroxylation is 2. The summed E-state index contributed by atoms with van der Waals surface area (Å²) >= 11 is 0. The zero-order chi connectivity index (χ0) is 22.8. The van der Waals surface area contributed by atoms with Gasteiger partial charge in [-0.25, -0.2) is 9.82 Å². The van der Waals surface area contributed by atoms with Gasteiger partial charge >= 0.3 is 0 Å². The molecule has 1 heterocycles. The number of hydrogen-bond donors (Lipinski definition) is 2. The van der Waals surface area contributed by atoms with Gasteiger partial charge in [0.15, 0.2) is 5.76 Å². The second-order valence-corrected chi connectivity index (χ2v) is 7.92. The van der Waals surface area contributed by atoms with Crippen LogP contribution >= 0.6 is 0 Å². The van der Waals surface area contributed by atoms with Crippen molar-refractivity contribution in [1.82, 2.24) is 5.43 Å². The van der Waals surface area contributed by atoms with E-state index in [1.807, 2.05) is 39.0 Å². The molecular weight excluding hydrogens is 409 g/mol. The third-order valence-electron chi connectivity index (χ3n) is 5.78. The minimum atomic E-state index is -0.432. The molecule has 1 aromatic heterocycles. The number of carbonyl (C=O) groups is 2. The predicted octanol–water partition coefficient (Wildman–Crippen LogP) is 5.07. The van der Waals surface area contributed by atoms with Gasteiger partial charge in [0, 0.05) is 28.8 Å². The van der Waals surface area contributed by atoms with Crippen LogP contribution in [0.2, 0.25) is 0 Å². The second kappa shape index (κ2) is 8.78. The standard InChI is InChI=1S/C25H24FN3O3/c1-14-6-4-7-19(15(14)2)27-25(31)23-16(3)22-20(8-5-9-21(22)32-23)28-29-24(30)17-10-12-18(26)13-11-17/h4,6-7,10-13H,5,8-9H2,1-3H3,(H,27,31)(H,29,30)/b28-20+. The van der Waals surface area contributed by atoms with Gasteiger partial charge < -0.3 is 9.73 Å². The van der Waals surface area contributed by atoms with Crippen LogP contribution in [0.15, 0.2) is 52.0 Å². The average molecular weight is 433 g/mol. The van der Waals surface area contributed by atoms with Crippen LogP contribution in [-0.2, 0) is 6.42 Å². The highest BCUT2D eigenvalue weighted by Crippen LogP contribution is 2.30. The number of nitrogens with one attached hydrogen (secondary N) is 2. The van der Waals surface area contributed by atoms with Crippen molar-refractivity contribution in [2.24, 2.45) is 5.10 Å². The van der Waals surface area contributed by atoms with Gasteiger partial charge in [0.05, 0.1) is 5.71 Å². The monoisotopic (exact) mass is 433 g/mol. The number of amides is 2. The SMILES string of the molecule is Cc1cccc(NC(=O)c2oc3c(c2C)/C(=N/NC(=O)c2ccc(F)cc2)CCC3)c1C. The van der Waals surface area contributed by atoms with E-state index in [9.17, 15) is 14.0 Å². The highest BCUT2D eigenvalue weighted by atomic mass is 19.1. The van der Waals surface area contributed by atoms with Gasteiger partial charge in [-0.3, -0.25) is 9.59 Å². The number of furan rings is 1. The Bertz CT molecular complexity index is 1230. The number of nitrogens with zero attached hydrogens (tertiary/aromatic N) is 1. The number of anilines is 1. The molecule has 0 fully saturated rings. The summed E-state index contributed by atoms with van der Waals surface area (Å²) in [6.07, 6.45) is 2.14. The lowest BCUT2D eigenvalue weighted by Gasteiger charge is -2.13. The molecule has 2 amide bonds. The molecule has 3 aromatic rings. The van der Waals surface area contributed by atoms with E-state index in [0.717, 1.165) is 28.8 Å². The lowest BCUT2D eigenvalue weighted by Crippen LogP contribution is -2.22. The van der Waals surface area contributed by atoms with Crippen molar-refractivity contribution in [1.29, 1.82) is 0 Å². The lowest BCUT2D eigenvalue weighted by atomic mass is 9.93. The number of halogens is 1. The highest BCUT2D eigenvalue weighted by molar-refractivity contribution is 6.09. The number of carbonyl (C=O) groups excluding carboxylic acids is 2. The van der Waals surface area contributed by atoms with Gasteiger partial charge in [0.25, 0.3) is 11.8 Å². The lowest BCUT2D eigenvalue weighted by molar-refractivity contribution is 0.0953. The number of hydrazone groups is 1. The van der Waals surface area contributed by atoms with Gasteiger partial charge in [-0.1, -0.05) is 12.1 Å². The zero-order valence-corrected chi connectivity index (χ0v) is 18.2. The van der Waals surface area contributed by atoms with Crippen LogP contribution in [0.5, 0.6) is 0 Å². The van der Waals surface area contributed by atoms with Crippen LogP contribution in [0.25, 0.3) is 0 Å². The van der Waals surface area contributed by atoms with E-state index >= 15 is 0 Å². The van der Waals surface area contributed by atoms with E-state index in [4.69, 9.17) is 4.42 Å². The fourth-order valence-corrected chi connectivity index (χ4v) is 3.85. The maximum atomic E-state index is 13.1. The minimum Gasteiger partial charge on any atom is -0.455 e. The van der Waals surface area contributed by atoms with Crippen molar-refractivity contribution in [3.8, 4) is 0 Å². The van der Waals surface area contributed by atoms with Gasteiger partial charge in [-0.05, 0) is 75.1 Å². The number of hydrogen-bond acceptors (Lipinski definition) is 4. The molecule has 0 saturated carbocycles. The smallest absolute Gasteiger partial charge is 0.291 e. The quantitative estimate of drug-likeness (QED) is 0.564. The van der Waals surface area contributed by atoms with Crippen molar-refractivity contribution in [3.05, 3.63) is 87.6 Å². The Morgan fingerprint density at radius 3 is 2.47 bits per heavy atom. The Kier molecular flexibility index (Phi) is 5.90. The van der Waals surface area contributed by atoms with E-state index in [1.165, 1.54) is 24.3 Å². The molecule has 2 aromatic carbocycles. The molecule has 7 heteroatoms. The summed E-state index contributed by atoms with van der Waals surface area (Å²) in [4.78, 5) is 25.3. The van der Waals surface area contributed by atoms with Gasteiger partial charge in [-0.15, -0.1) is 0 Å². The molecule has 0 aliphatic heterocycles. The Labute approximate surface area is 185 Å². The van der Waals surface area contributed by atoms with Gasteiger partial charge in [-0.2, -0.15) is 5.10 Å². The summed E-state index contributed by atoms with van der Waals surface area (Å²) in [7, 11) is 0. The molecule has 164 valence electrons. The molecule has 1 aliphatic rings. The maximum absolute atomic E-state index is 13.1. The summed E-state index contributed by atoms with van der Waals surface area (Å²) in [6, 6.07) is 11.0. The molecular formula is C25H24FN3O3. The van der Waals surface area contributed by atoms with Crippen LogP contribution in [0.1, 0.15) is 61.8 Å². The van der Waals surface area contributed by atoms with E-state index in [-0.39, 0.29) is 11.7 Å². The number of fused-ring (bicyclic) bond motifs is 1. The summed E-state index contributed by atoms with van der Waals surface area (Å²) < 4.78 is 19.0. The van der Waals surface area contributed by atoms with Crippen LogP contribution in [-0.4, -0.2) is 17.5 Å². The molecule has 0 bridgehead atoms. The Hall–Kier alpha value is -3.74. The topological polar surface area (TPSA) is 83.7 Å². The minimum absolute atomic E-state index is 0.246. The predicted molar refractivity (Wildman–Crippen MR) is 121 cm³/mol. The zero-order valence-electron chi connectivity index (χ0n) is 18.2. The third-order valence-corrected chi connectivity index (χ3v) is 5.78. The van der Waals surface area contributed by atoms with Crippen molar-refractivity contribution < 1.29 is 18.4 Å². The van der Waals surface area contributed by atoms with Crippen molar-refractivity contribution in [3.63, 3.8) is 0 Å². The molecule has 2 N–H and O–H groups in total. The van der Waals surface area contributed by atoms with Gasteiger partial charge in [0.2, 0.25) is 0 Å². The summed E-state index contributed by atoms with van der Waals surface area (Å²) in [5, 5.41) is 7.23. The molecule has 0 radical (unpaired) electrons. The number of rotatable bonds is 4. The molecule has 32 heavy (non-hydrogen) atoms. The maximum Gasteiger partial charge on any atom is 0.291 e. The third kappa shape index (κ3) is 4.19. The first-order valence-corrected chi connectivity index (χ1v) is 10.5. The molecule has 0 atom stereocenters. The largest absolute Gasteiger partial charge is 0.455 e. The Balaban J connectivity index is 1.57. The molecule has 6 nitrogen and oxygen atoms in total. The first-order chi connectivity index (χ1) is 15.3. The second-order valence-electron chi connectivity index (χ2n) is 7.92. The first-order valence-electron chi connectivity index (χ1n) is 10.5. The fourth-order valence-electron chi connectivity index (χ4n) is 3.85. The van der Waals surface area contributed by atoms with Crippen molar-refractivity contribution in [2.45, 2.75) is 40.0 Å². The number of benzene rings is 2. The van der Waals surface area contributed by atoms with Gasteiger partial charge in [0.1, 0.15) is 11.6 Å². The van der Waals surface area contributed by atoms with E-state index in [2.05, 4.69) is 15.8 Å². The van der Waals surface area contributed by atoms with E-state index in [1.54, 1.807) is 0 Å². The van der Waals surface area contributed by atoms with Crippen LogP contribution in [0, 0.1) is 26.6 Å². The molecule has 0 unspecified atom stereocenters. The fraction of sp³-hybridized carbons (Fsp3) is 0.240. The highest BCUT2D eigenvalue weighted by Gasteiger charge is 2.28. The normalized spacial score (nSPS) is 14.2. The van der Waals surface area contributed by atoms with E-state index < -0.39 is 11.7 Å². The van der Waals surface area contributed by atoms with E-state index in [0.29, 0.717) is 35.4 Å². The van der Waals surface area contributed by atoms with Crippen LogP contribution in [0.4, 0.5) is 10.1 Å². The molecule has 1 aliphatic carbocycles. The summed E-state index contributed by atoms with van der Waals surface area (Å²) in [6.45, 7) is 5.77. The van der Waals surface area contributed by atoms with Crippen molar-refractivity contribution in [2.75, 3.05) is 5.32 Å². The molecule has 4 rings (SSSR count). The molecule has 0 spiro atoms. The summed E-state index contributed by atoms with van der Waals surface area (Å²) in [5.74, 6) is -0.227. The average Bonchev–Trinajstić information content (AvgIpc) is 3.13. The summed E-state index contributed by atoms with van der Waals surface area (Å²) in [5.41, 5.74) is 7.79.